The van der Waals surface area contributed by atoms with Crippen molar-refractivity contribution in [1.82, 2.24) is 14.5 Å². The fourth-order valence-corrected chi connectivity index (χ4v) is 3.61. The van der Waals surface area contributed by atoms with Crippen molar-refractivity contribution in [3.63, 3.8) is 0 Å². The van der Waals surface area contributed by atoms with Crippen molar-refractivity contribution in [2.45, 2.75) is 39.9 Å². The summed E-state index contributed by atoms with van der Waals surface area (Å²) in [4.78, 5) is 8.71. The fourth-order valence-electron chi connectivity index (χ4n) is 3.20. The zero-order valence-corrected chi connectivity index (χ0v) is 17.3. The van der Waals surface area contributed by atoms with Gasteiger partial charge in [-0.25, -0.2) is 14.4 Å². The van der Waals surface area contributed by atoms with Gasteiger partial charge < -0.3 is 19.4 Å². The summed E-state index contributed by atoms with van der Waals surface area (Å²) in [6.45, 7) is 8.22. The number of rotatable bonds is 7. The van der Waals surface area contributed by atoms with E-state index in [1.54, 1.807) is 6.07 Å². The normalized spacial score (nSPS) is 12.6. The second-order valence-corrected chi connectivity index (χ2v) is 7.09. The number of benzene rings is 1. The number of hydrogen-bond donors (Lipinski definition) is 1. The highest BCUT2D eigenvalue weighted by atomic mass is 35.5. The Morgan fingerprint density at radius 2 is 2.00 bits per heavy atom. The molecule has 0 saturated heterocycles. The number of aryl methyl sites for hydroxylation is 1. The smallest absolute Gasteiger partial charge is 0.158 e. The van der Waals surface area contributed by atoms with Gasteiger partial charge in [0.1, 0.15) is 28.9 Å². The third-order valence-electron chi connectivity index (χ3n) is 4.31. The molecule has 1 aromatic carbocycles. The number of hydrogen-bond acceptors (Lipinski definition) is 5. The van der Waals surface area contributed by atoms with Gasteiger partial charge in [-0.15, -0.1) is 0 Å². The monoisotopic (exact) mass is 406 g/mol. The van der Waals surface area contributed by atoms with Crippen molar-refractivity contribution in [2.24, 2.45) is 7.05 Å². The first-order chi connectivity index (χ1) is 13.3. The van der Waals surface area contributed by atoms with Crippen molar-refractivity contribution in [3.8, 4) is 5.75 Å². The van der Waals surface area contributed by atoms with Crippen LogP contribution in [0.2, 0.25) is 5.02 Å². The van der Waals surface area contributed by atoms with E-state index < -0.39 is 0 Å². The van der Waals surface area contributed by atoms with Gasteiger partial charge in [0.05, 0.1) is 28.6 Å². The molecule has 3 rings (SSSR count). The molecule has 150 valence electrons. The number of nitrogens with one attached hydrogen (secondary N) is 1. The third-order valence-corrected chi connectivity index (χ3v) is 4.69. The molecule has 0 bridgehead atoms. The summed E-state index contributed by atoms with van der Waals surface area (Å²) in [5, 5.41) is 3.77. The number of aromatic nitrogens is 3. The lowest BCUT2D eigenvalue weighted by Crippen LogP contribution is -2.09. The van der Waals surface area contributed by atoms with E-state index in [4.69, 9.17) is 21.1 Å². The first kappa shape index (κ1) is 20.4. The SMILES string of the molecule is CCOC(C)c1c(Cl)c2ncnc(Nc3ccc(F)cc3OC(C)C)c2n1C. The molecule has 1 unspecified atom stereocenters. The zero-order valence-electron chi connectivity index (χ0n) is 16.6. The fraction of sp³-hybridized carbons (Fsp3) is 0.400. The maximum Gasteiger partial charge on any atom is 0.158 e. The van der Waals surface area contributed by atoms with Crippen LogP contribution in [0.5, 0.6) is 5.75 Å². The van der Waals surface area contributed by atoms with Crippen LogP contribution >= 0.6 is 11.6 Å². The number of halogens is 2. The standard InChI is InChI=1S/C20H24ClFN4O2/c1-6-27-12(4)18-16(21)17-19(26(18)5)20(24-10-23-17)25-14-8-7-13(22)9-15(14)28-11(2)3/h7-12H,6H2,1-5H3,(H,23,24,25). The molecule has 2 heterocycles. The Labute approximate surface area is 168 Å². The molecule has 8 heteroatoms. The van der Waals surface area contributed by atoms with Crippen LogP contribution in [0.25, 0.3) is 11.0 Å². The van der Waals surface area contributed by atoms with Crippen LogP contribution in [0.3, 0.4) is 0 Å². The minimum atomic E-state index is -0.372. The van der Waals surface area contributed by atoms with Crippen LogP contribution in [-0.4, -0.2) is 27.2 Å². The average Bonchev–Trinajstić information content (AvgIpc) is 2.89. The maximum absolute atomic E-state index is 13.7. The summed E-state index contributed by atoms with van der Waals surface area (Å²) in [6, 6.07) is 4.34. The van der Waals surface area contributed by atoms with E-state index in [-0.39, 0.29) is 18.0 Å². The Morgan fingerprint density at radius 3 is 2.68 bits per heavy atom. The lowest BCUT2D eigenvalue weighted by Gasteiger charge is -2.16. The quantitative estimate of drug-likeness (QED) is 0.570. The number of anilines is 2. The minimum absolute atomic E-state index is 0.101. The van der Waals surface area contributed by atoms with Gasteiger partial charge in [-0.1, -0.05) is 11.6 Å². The van der Waals surface area contributed by atoms with E-state index in [2.05, 4.69) is 15.3 Å². The molecular weight excluding hydrogens is 383 g/mol. The highest BCUT2D eigenvalue weighted by Gasteiger charge is 2.23. The molecule has 2 aromatic heterocycles. The van der Waals surface area contributed by atoms with Gasteiger partial charge in [-0.05, 0) is 39.8 Å². The summed E-state index contributed by atoms with van der Waals surface area (Å²) in [7, 11) is 1.89. The second kappa shape index (κ2) is 8.32. The molecule has 0 amide bonds. The van der Waals surface area contributed by atoms with E-state index >= 15 is 0 Å². The van der Waals surface area contributed by atoms with Crippen LogP contribution < -0.4 is 10.1 Å². The van der Waals surface area contributed by atoms with E-state index in [1.165, 1.54) is 18.5 Å². The van der Waals surface area contributed by atoms with Crippen LogP contribution in [-0.2, 0) is 11.8 Å². The Hall–Kier alpha value is -2.38. The van der Waals surface area contributed by atoms with E-state index in [9.17, 15) is 4.39 Å². The predicted octanol–water partition coefficient (Wildman–Crippen LogP) is 5.39. The van der Waals surface area contributed by atoms with Crippen LogP contribution in [0, 0.1) is 5.82 Å². The minimum Gasteiger partial charge on any atom is -0.489 e. The number of ether oxygens (including phenoxy) is 2. The van der Waals surface area contributed by atoms with Crippen molar-refractivity contribution in [2.75, 3.05) is 11.9 Å². The highest BCUT2D eigenvalue weighted by molar-refractivity contribution is 6.36. The largest absolute Gasteiger partial charge is 0.489 e. The molecule has 0 saturated carbocycles. The number of nitrogens with zero attached hydrogens (tertiary/aromatic N) is 3. The van der Waals surface area contributed by atoms with Gasteiger partial charge in [0.25, 0.3) is 0 Å². The van der Waals surface area contributed by atoms with Gasteiger partial charge >= 0.3 is 0 Å². The molecule has 1 atom stereocenters. The van der Waals surface area contributed by atoms with Crippen molar-refractivity contribution in [3.05, 3.63) is 41.1 Å². The van der Waals surface area contributed by atoms with E-state index in [1.807, 2.05) is 39.3 Å². The zero-order chi connectivity index (χ0) is 20.4. The number of fused-ring (bicyclic) bond motifs is 1. The predicted molar refractivity (Wildman–Crippen MR) is 109 cm³/mol. The van der Waals surface area contributed by atoms with E-state index in [0.717, 1.165) is 11.2 Å². The summed E-state index contributed by atoms with van der Waals surface area (Å²) in [6.07, 6.45) is 1.14. The topological polar surface area (TPSA) is 61.2 Å². The molecule has 0 fully saturated rings. The van der Waals surface area contributed by atoms with Crippen molar-refractivity contribution < 1.29 is 13.9 Å². The Balaban J connectivity index is 2.09. The Morgan fingerprint density at radius 1 is 1.25 bits per heavy atom. The Kier molecular flexibility index (Phi) is 6.05. The average molecular weight is 407 g/mol. The van der Waals surface area contributed by atoms with Crippen molar-refractivity contribution >= 4 is 34.1 Å². The summed E-state index contributed by atoms with van der Waals surface area (Å²) < 4.78 is 27.1. The lowest BCUT2D eigenvalue weighted by molar-refractivity contribution is 0.0717. The molecule has 0 aliphatic carbocycles. The second-order valence-electron chi connectivity index (χ2n) is 6.71. The van der Waals surface area contributed by atoms with Crippen LogP contribution in [0.1, 0.15) is 39.5 Å². The molecular formula is C20H24ClFN4O2. The molecule has 3 aromatic rings. The van der Waals surface area contributed by atoms with Gasteiger partial charge in [0.15, 0.2) is 5.82 Å². The molecule has 0 aliphatic rings. The summed E-state index contributed by atoms with van der Waals surface area (Å²) >= 11 is 6.60. The first-order valence-electron chi connectivity index (χ1n) is 9.17. The van der Waals surface area contributed by atoms with Gasteiger partial charge in [0, 0.05) is 19.7 Å². The molecule has 0 radical (unpaired) electrons. The third kappa shape index (κ3) is 3.91. The molecule has 6 nitrogen and oxygen atoms in total. The molecule has 1 N–H and O–H groups in total. The van der Waals surface area contributed by atoms with E-state index in [0.29, 0.717) is 34.4 Å². The summed E-state index contributed by atoms with van der Waals surface area (Å²) in [5.74, 6) is 0.582. The molecule has 0 aliphatic heterocycles. The first-order valence-corrected chi connectivity index (χ1v) is 9.54. The van der Waals surface area contributed by atoms with Gasteiger partial charge in [-0.3, -0.25) is 0 Å². The van der Waals surface area contributed by atoms with Gasteiger partial charge in [-0.2, -0.15) is 0 Å². The molecule has 28 heavy (non-hydrogen) atoms. The van der Waals surface area contributed by atoms with Crippen LogP contribution in [0.4, 0.5) is 15.9 Å². The van der Waals surface area contributed by atoms with Crippen molar-refractivity contribution in [1.29, 1.82) is 0 Å². The summed E-state index contributed by atoms with van der Waals surface area (Å²) in [5.41, 5.74) is 2.78. The van der Waals surface area contributed by atoms with Gasteiger partial charge in [0.2, 0.25) is 0 Å². The highest BCUT2D eigenvalue weighted by Crippen LogP contribution is 2.38. The van der Waals surface area contributed by atoms with Crippen LogP contribution in [0.15, 0.2) is 24.5 Å². The Bertz CT molecular complexity index is 990. The lowest BCUT2D eigenvalue weighted by atomic mass is 10.2. The maximum atomic E-state index is 13.7. The molecule has 0 spiro atoms.